The van der Waals surface area contributed by atoms with Crippen molar-refractivity contribution in [3.63, 3.8) is 0 Å². The van der Waals surface area contributed by atoms with E-state index in [-0.39, 0.29) is 6.42 Å². The van der Waals surface area contributed by atoms with E-state index >= 15 is 0 Å². The molecule has 0 aliphatic rings. The first kappa shape index (κ1) is 8.52. The number of nitrogen functional groups attached to an aromatic ring is 1. The first-order valence-corrected chi connectivity index (χ1v) is 3.53. The van der Waals surface area contributed by atoms with Crippen molar-refractivity contribution in [3.05, 3.63) is 23.4 Å². The monoisotopic (exact) mass is 166 g/mol. The molecular weight excluding hydrogens is 156 g/mol. The lowest BCUT2D eigenvalue weighted by Gasteiger charge is -2.00. The maximum absolute atomic E-state index is 10.3. The van der Waals surface area contributed by atoms with Gasteiger partial charge in [0.15, 0.2) is 0 Å². The Hall–Kier alpha value is -1.58. The van der Waals surface area contributed by atoms with Crippen molar-refractivity contribution >= 4 is 11.8 Å². The molecule has 0 radical (unpaired) electrons. The summed E-state index contributed by atoms with van der Waals surface area (Å²) in [6, 6.07) is 3.43. The van der Waals surface area contributed by atoms with Gasteiger partial charge in [-0.3, -0.25) is 4.79 Å². The van der Waals surface area contributed by atoms with Gasteiger partial charge in [0.05, 0.1) is 12.1 Å². The quantitative estimate of drug-likeness (QED) is 0.674. The molecule has 0 unspecified atom stereocenters. The van der Waals surface area contributed by atoms with Gasteiger partial charge in [-0.2, -0.15) is 0 Å². The maximum Gasteiger partial charge on any atom is 0.309 e. The van der Waals surface area contributed by atoms with Crippen molar-refractivity contribution in [2.45, 2.75) is 13.3 Å². The van der Waals surface area contributed by atoms with Gasteiger partial charge in [-0.25, -0.2) is 4.98 Å². The predicted octanol–water partition coefficient (Wildman–Crippen LogP) is 0.599. The van der Waals surface area contributed by atoms with Crippen LogP contribution in [0.3, 0.4) is 0 Å². The van der Waals surface area contributed by atoms with Gasteiger partial charge in [0.1, 0.15) is 5.82 Å². The smallest absolute Gasteiger partial charge is 0.309 e. The third-order valence-electron chi connectivity index (χ3n) is 1.53. The highest BCUT2D eigenvalue weighted by Crippen LogP contribution is 2.07. The molecule has 0 bridgehead atoms. The van der Waals surface area contributed by atoms with E-state index in [2.05, 4.69) is 4.98 Å². The van der Waals surface area contributed by atoms with Gasteiger partial charge >= 0.3 is 5.97 Å². The number of anilines is 1. The first-order chi connectivity index (χ1) is 5.59. The summed E-state index contributed by atoms with van der Waals surface area (Å²) in [5.74, 6) is -0.500. The molecule has 0 saturated carbocycles. The number of nitrogens with two attached hydrogens (primary N) is 1. The zero-order valence-corrected chi connectivity index (χ0v) is 6.74. The van der Waals surface area contributed by atoms with Gasteiger partial charge in [-0.15, -0.1) is 0 Å². The van der Waals surface area contributed by atoms with E-state index in [0.29, 0.717) is 11.5 Å². The maximum atomic E-state index is 10.3. The number of carboxylic acids is 1. The van der Waals surface area contributed by atoms with Crippen LogP contribution in [0.2, 0.25) is 0 Å². The Morgan fingerprint density at radius 3 is 2.83 bits per heavy atom. The van der Waals surface area contributed by atoms with Crippen molar-refractivity contribution < 1.29 is 9.90 Å². The molecule has 0 amide bonds. The van der Waals surface area contributed by atoms with E-state index in [1.807, 2.05) is 6.92 Å². The zero-order valence-electron chi connectivity index (χ0n) is 6.74. The highest BCUT2D eigenvalue weighted by atomic mass is 16.4. The molecule has 0 saturated heterocycles. The Bertz CT molecular complexity index is 310. The third-order valence-corrected chi connectivity index (χ3v) is 1.53. The second-order valence-corrected chi connectivity index (χ2v) is 2.58. The SMILES string of the molecule is Cc1ccc(CC(=O)O)nc1N. The van der Waals surface area contributed by atoms with Gasteiger partial charge in [-0.1, -0.05) is 6.07 Å². The van der Waals surface area contributed by atoms with E-state index in [4.69, 9.17) is 10.8 Å². The number of aliphatic carboxylic acids is 1. The molecule has 12 heavy (non-hydrogen) atoms. The standard InChI is InChI=1S/C8H10N2O2/c1-5-2-3-6(4-7(11)12)10-8(5)9/h2-3H,4H2,1H3,(H2,9,10)(H,11,12). The normalized spacial score (nSPS) is 9.75. The molecule has 64 valence electrons. The molecule has 0 atom stereocenters. The molecule has 1 rings (SSSR count). The predicted molar refractivity (Wildman–Crippen MR) is 44.7 cm³/mol. The number of nitrogens with zero attached hydrogens (tertiary/aromatic N) is 1. The minimum Gasteiger partial charge on any atom is -0.481 e. The summed E-state index contributed by atoms with van der Waals surface area (Å²) in [5, 5.41) is 8.45. The lowest BCUT2D eigenvalue weighted by atomic mass is 10.2. The highest BCUT2D eigenvalue weighted by Gasteiger charge is 2.02. The van der Waals surface area contributed by atoms with Crippen molar-refractivity contribution in [3.8, 4) is 0 Å². The topological polar surface area (TPSA) is 76.2 Å². The fourth-order valence-electron chi connectivity index (χ4n) is 0.840. The summed E-state index contributed by atoms with van der Waals surface area (Å²) in [7, 11) is 0. The van der Waals surface area contributed by atoms with Crippen LogP contribution in [-0.2, 0) is 11.2 Å². The van der Waals surface area contributed by atoms with Crippen molar-refractivity contribution in [2.75, 3.05) is 5.73 Å². The van der Waals surface area contributed by atoms with Crippen LogP contribution in [-0.4, -0.2) is 16.1 Å². The Labute approximate surface area is 70.0 Å². The van der Waals surface area contributed by atoms with E-state index in [9.17, 15) is 4.79 Å². The molecule has 1 aromatic heterocycles. The van der Waals surface area contributed by atoms with E-state index in [1.165, 1.54) is 0 Å². The van der Waals surface area contributed by atoms with Crippen LogP contribution in [0.15, 0.2) is 12.1 Å². The fraction of sp³-hybridized carbons (Fsp3) is 0.250. The van der Waals surface area contributed by atoms with Crippen LogP contribution in [0.5, 0.6) is 0 Å². The second kappa shape index (κ2) is 3.21. The van der Waals surface area contributed by atoms with Gasteiger partial charge < -0.3 is 10.8 Å². The Morgan fingerprint density at radius 2 is 2.33 bits per heavy atom. The number of pyridine rings is 1. The highest BCUT2D eigenvalue weighted by molar-refractivity contribution is 5.69. The van der Waals surface area contributed by atoms with Gasteiger partial charge in [0, 0.05) is 0 Å². The van der Waals surface area contributed by atoms with E-state index in [0.717, 1.165) is 5.56 Å². The van der Waals surface area contributed by atoms with Crippen LogP contribution in [0, 0.1) is 6.92 Å². The summed E-state index contributed by atoms with van der Waals surface area (Å²) in [6.45, 7) is 1.83. The molecule has 0 spiro atoms. The molecule has 0 aliphatic carbocycles. The van der Waals surface area contributed by atoms with Crippen LogP contribution in [0.1, 0.15) is 11.3 Å². The Kier molecular flexibility index (Phi) is 2.28. The number of hydrogen-bond donors (Lipinski definition) is 2. The lowest BCUT2D eigenvalue weighted by molar-refractivity contribution is -0.136. The minimum atomic E-state index is -0.897. The molecule has 1 heterocycles. The van der Waals surface area contributed by atoms with Crippen molar-refractivity contribution in [2.24, 2.45) is 0 Å². The molecule has 0 aromatic carbocycles. The number of aryl methyl sites for hydroxylation is 1. The third kappa shape index (κ3) is 1.95. The summed E-state index contributed by atoms with van der Waals surface area (Å²) in [5.41, 5.74) is 6.85. The Balaban J connectivity index is 2.89. The summed E-state index contributed by atoms with van der Waals surface area (Å²) in [6.07, 6.45) is -0.0789. The molecule has 3 N–H and O–H groups in total. The lowest BCUT2D eigenvalue weighted by Crippen LogP contribution is -2.04. The van der Waals surface area contributed by atoms with Crippen LogP contribution >= 0.6 is 0 Å². The first-order valence-electron chi connectivity index (χ1n) is 3.53. The minimum absolute atomic E-state index is 0.0789. The average molecular weight is 166 g/mol. The van der Waals surface area contributed by atoms with Crippen molar-refractivity contribution in [1.82, 2.24) is 4.98 Å². The number of rotatable bonds is 2. The van der Waals surface area contributed by atoms with Crippen LogP contribution < -0.4 is 5.73 Å². The Morgan fingerprint density at radius 1 is 1.67 bits per heavy atom. The molecule has 0 fully saturated rings. The molecular formula is C8H10N2O2. The zero-order chi connectivity index (χ0) is 9.14. The summed E-state index contributed by atoms with van der Waals surface area (Å²) >= 11 is 0. The second-order valence-electron chi connectivity index (χ2n) is 2.58. The largest absolute Gasteiger partial charge is 0.481 e. The van der Waals surface area contributed by atoms with Crippen LogP contribution in [0.25, 0.3) is 0 Å². The van der Waals surface area contributed by atoms with Crippen molar-refractivity contribution in [1.29, 1.82) is 0 Å². The van der Waals surface area contributed by atoms with E-state index < -0.39 is 5.97 Å². The van der Waals surface area contributed by atoms with Gasteiger partial charge in [-0.05, 0) is 18.6 Å². The molecule has 4 heteroatoms. The number of hydrogen-bond acceptors (Lipinski definition) is 3. The molecule has 4 nitrogen and oxygen atoms in total. The average Bonchev–Trinajstić information content (AvgIpc) is 1.96. The van der Waals surface area contributed by atoms with Crippen LogP contribution in [0.4, 0.5) is 5.82 Å². The molecule has 1 aromatic rings. The van der Waals surface area contributed by atoms with Gasteiger partial charge in [0.25, 0.3) is 0 Å². The summed E-state index contributed by atoms with van der Waals surface area (Å²) < 4.78 is 0. The molecule has 0 aliphatic heterocycles. The van der Waals surface area contributed by atoms with Gasteiger partial charge in [0.2, 0.25) is 0 Å². The number of carboxylic acid groups (broad SMARTS) is 1. The van der Waals surface area contributed by atoms with E-state index in [1.54, 1.807) is 12.1 Å². The number of carbonyl (C=O) groups is 1. The summed E-state index contributed by atoms with van der Waals surface area (Å²) in [4.78, 5) is 14.2. The fourth-order valence-corrected chi connectivity index (χ4v) is 0.840. The number of aromatic nitrogens is 1.